The fourth-order valence-corrected chi connectivity index (χ4v) is 28.6. The molecule has 0 aromatic carbocycles. The van der Waals surface area contributed by atoms with Crippen molar-refractivity contribution in [1.82, 2.24) is 22.6 Å². The second-order valence-electron chi connectivity index (χ2n) is 11.4. The van der Waals surface area contributed by atoms with Crippen molar-refractivity contribution in [2.75, 3.05) is 0 Å². The molecule has 0 bridgehead atoms. The first kappa shape index (κ1) is 28.5. The third-order valence-corrected chi connectivity index (χ3v) is 23.4. The van der Waals surface area contributed by atoms with Crippen LogP contribution in [0.3, 0.4) is 0 Å². The maximum Gasteiger partial charge on any atom is 0.509 e. The zero-order valence-electron chi connectivity index (χ0n) is 22.0. The third kappa shape index (κ3) is 5.49. The second-order valence-corrected chi connectivity index (χ2v) is 24.4. The second kappa shape index (κ2) is 9.74. The molecule has 0 radical (unpaired) electrons. The lowest BCUT2D eigenvalue weighted by Crippen LogP contribution is -2.94. The van der Waals surface area contributed by atoms with Crippen molar-refractivity contribution in [3.05, 3.63) is 0 Å². The Morgan fingerprint density at radius 1 is 0.600 bits per heavy atom. The van der Waals surface area contributed by atoms with E-state index >= 15 is 8.63 Å². The lowest BCUT2D eigenvalue weighted by molar-refractivity contribution is 0.261. The van der Waals surface area contributed by atoms with Crippen LogP contribution in [0, 0.1) is 0 Å². The van der Waals surface area contributed by atoms with Gasteiger partial charge in [-0.25, -0.2) is 0 Å². The molecule has 0 spiro atoms. The fourth-order valence-electron chi connectivity index (χ4n) is 5.85. The Morgan fingerprint density at radius 3 is 1.03 bits per heavy atom. The number of hydrogen-bond acceptors (Lipinski definition) is 5. The quantitative estimate of drug-likeness (QED) is 0.521. The van der Waals surface area contributed by atoms with Gasteiger partial charge in [0, 0.05) is 0 Å². The maximum absolute atomic E-state index is 16.4. The molecule has 176 valence electrons. The summed E-state index contributed by atoms with van der Waals surface area (Å²) < 4.78 is 40.8. The number of halogens is 2. The van der Waals surface area contributed by atoms with Crippen LogP contribution in [0.5, 0.6) is 0 Å². The molecule has 1 saturated heterocycles. The first-order valence-corrected chi connectivity index (χ1v) is 20.3. The van der Waals surface area contributed by atoms with Gasteiger partial charge in [-0.2, -0.15) is 0 Å². The summed E-state index contributed by atoms with van der Waals surface area (Å²) in [5, 5.41) is 0. The molecule has 1 heterocycles. The van der Waals surface area contributed by atoms with Crippen molar-refractivity contribution >= 4 is 39.7 Å². The monoisotopic (exact) mass is 477 g/mol. The van der Waals surface area contributed by atoms with Gasteiger partial charge in [-0.15, -0.1) is 0 Å². The summed E-state index contributed by atoms with van der Waals surface area (Å²) in [5.41, 5.74) is 0. The number of nitrogens with one attached hydrogen (secondary N) is 1. The van der Waals surface area contributed by atoms with Crippen LogP contribution in [0.25, 0.3) is 0 Å². The maximum atomic E-state index is 16.4. The molecule has 1 rings (SSSR count). The number of rotatable bonds is 8. The van der Waals surface area contributed by atoms with E-state index in [1.54, 1.807) is 0 Å². The Balaban J connectivity index is 3.59. The van der Waals surface area contributed by atoms with E-state index < -0.39 is 39.7 Å². The molecule has 0 unspecified atom stereocenters. The van der Waals surface area contributed by atoms with Gasteiger partial charge in [0.25, 0.3) is 0 Å². The molecular weight excluding hydrogens is 430 g/mol. The van der Waals surface area contributed by atoms with Crippen molar-refractivity contribution in [3.63, 3.8) is 0 Å². The zero-order valence-corrected chi connectivity index (χ0v) is 25.0. The van der Waals surface area contributed by atoms with Gasteiger partial charge in [0.05, 0.1) is 0 Å². The fraction of sp³-hybridized carbons (Fsp3) is 1.00. The van der Waals surface area contributed by atoms with Crippen molar-refractivity contribution in [2.45, 2.75) is 119 Å². The molecule has 30 heavy (non-hydrogen) atoms. The van der Waals surface area contributed by atoms with Gasteiger partial charge in [-0.05, 0) is 63.4 Å². The van der Waals surface area contributed by atoms with E-state index in [1.165, 1.54) is 0 Å². The van der Waals surface area contributed by atoms with Gasteiger partial charge in [-0.3, -0.25) is 18.3 Å². The first-order chi connectivity index (χ1) is 13.3. The molecule has 1 fully saturated rings. The Kier molecular flexibility index (Phi) is 9.25. The van der Waals surface area contributed by atoms with E-state index in [1.807, 2.05) is 65.0 Å². The largest absolute Gasteiger partial charge is 0.509 e. The predicted molar refractivity (Wildman–Crippen MR) is 137 cm³/mol. The van der Waals surface area contributed by atoms with E-state index in [0.717, 1.165) is 0 Å². The predicted octanol–water partition coefficient (Wildman–Crippen LogP) is 4.45. The molecule has 0 amide bonds. The van der Waals surface area contributed by atoms with Crippen LogP contribution in [0.1, 0.15) is 55.4 Å². The summed E-state index contributed by atoms with van der Waals surface area (Å²) in [6.45, 7) is 29.4. The van der Waals surface area contributed by atoms with Gasteiger partial charge in [0.1, 0.15) is 0 Å². The minimum atomic E-state index is -2.66. The summed E-state index contributed by atoms with van der Waals surface area (Å²) in [6.07, 6.45) is 0. The molecule has 0 aromatic rings. The lowest BCUT2D eigenvalue weighted by Gasteiger charge is -2.64. The van der Waals surface area contributed by atoms with Crippen LogP contribution in [0.15, 0.2) is 0 Å². The summed E-state index contributed by atoms with van der Waals surface area (Å²) in [7, 11) is -9.76. The molecule has 5 nitrogen and oxygen atoms in total. The summed E-state index contributed by atoms with van der Waals surface area (Å²) in [6, 6.07) is 0.275. The molecular formula is C18H47B2F2N5Si3. The van der Waals surface area contributed by atoms with Crippen molar-refractivity contribution in [2.24, 2.45) is 0 Å². The van der Waals surface area contributed by atoms with Gasteiger partial charge < -0.3 is 12.9 Å². The summed E-state index contributed by atoms with van der Waals surface area (Å²) >= 11 is 0. The third-order valence-electron chi connectivity index (χ3n) is 6.30. The standard InChI is InChI=1S/C18H47B2F2N5Si3/c1-15(2)24(16(3)4)19(21)26-28(9,10)23-29(11,12)27(30(26,13)14)20(22)25(17(5)6)18(7)8/h15-18,23H,1-14H3. The average molecular weight is 477 g/mol. The molecule has 1 aliphatic heterocycles. The molecule has 1 aliphatic rings. The average Bonchev–Trinajstić information content (AvgIpc) is 2.40. The minimum absolute atomic E-state index is 0.0687. The first-order valence-electron chi connectivity index (χ1n) is 11.5. The molecule has 0 saturated carbocycles. The highest BCUT2D eigenvalue weighted by Gasteiger charge is 2.64. The zero-order chi connectivity index (χ0) is 24.0. The van der Waals surface area contributed by atoms with Crippen LogP contribution < -0.4 is 4.65 Å². The topological polar surface area (TPSA) is 25.0 Å². The normalized spacial score (nSPS) is 22.2. The van der Waals surface area contributed by atoms with Crippen LogP contribution in [-0.2, 0) is 0 Å². The van der Waals surface area contributed by atoms with Crippen LogP contribution in [0.4, 0.5) is 8.63 Å². The van der Waals surface area contributed by atoms with Gasteiger partial charge >= 0.3 is 14.5 Å². The highest BCUT2D eigenvalue weighted by Crippen LogP contribution is 2.36. The van der Waals surface area contributed by atoms with Crippen LogP contribution in [-0.4, -0.2) is 81.8 Å². The Bertz CT molecular complexity index is 520. The molecule has 0 atom stereocenters. The highest BCUT2D eigenvalue weighted by atomic mass is 28.5. The van der Waals surface area contributed by atoms with E-state index in [2.05, 4.69) is 52.2 Å². The van der Waals surface area contributed by atoms with Crippen molar-refractivity contribution in [1.29, 1.82) is 0 Å². The Labute approximate surface area is 189 Å². The van der Waals surface area contributed by atoms with Gasteiger partial charge in [-0.1, -0.05) is 55.4 Å². The lowest BCUT2D eigenvalue weighted by atomic mass is 9.97. The van der Waals surface area contributed by atoms with Crippen molar-refractivity contribution < 1.29 is 8.63 Å². The van der Waals surface area contributed by atoms with Gasteiger partial charge in [0.2, 0.25) is 0 Å². The van der Waals surface area contributed by atoms with Crippen LogP contribution >= 0.6 is 0 Å². The smallest absolute Gasteiger partial charge is 0.337 e. The van der Waals surface area contributed by atoms with E-state index in [9.17, 15) is 0 Å². The molecule has 12 heteroatoms. The Morgan fingerprint density at radius 2 is 0.833 bits per heavy atom. The molecule has 0 aliphatic carbocycles. The van der Waals surface area contributed by atoms with Gasteiger partial charge in [0.15, 0.2) is 25.2 Å². The van der Waals surface area contributed by atoms with Crippen LogP contribution in [0.2, 0.25) is 39.3 Å². The van der Waals surface area contributed by atoms with Crippen molar-refractivity contribution in [3.8, 4) is 0 Å². The summed E-state index contributed by atoms with van der Waals surface area (Å²) in [5.74, 6) is 0. The minimum Gasteiger partial charge on any atom is -0.337 e. The van der Waals surface area contributed by atoms with E-state index in [-0.39, 0.29) is 24.2 Å². The molecule has 1 N–H and O–H groups in total. The highest BCUT2D eigenvalue weighted by molar-refractivity contribution is 7.12. The summed E-state index contributed by atoms with van der Waals surface area (Å²) in [4.78, 5) is 3.86. The van der Waals surface area contributed by atoms with E-state index in [4.69, 9.17) is 0 Å². The molecule has 0 aromatic heterocycles. The SMILES string of the molecule is CC(C)N(B(F)N1[Si](C)(C)N[Si](C)(C)N(B(F)N(C(C)C)C(C)C)[Si]1(C)C)C(C)C. The Hall–Kier alpha value is 0.441. The van der Waals surface area contributed by atoms with E-state index in [0.29, 0.717) is 0 Å². The number of hydrogen-bond donors (Lipinski definition) is 1. The number of nitrogens with zero attached hydrogens (tertiary/aromatic N) is 4.